The van der Waals surface area contributed by atoms with Crippen molar-refractivity contribution in [2.24, 2.45) is 0 Å². The van der Waals surface area contributed by atoms with Crippen molar-refractivity contribution in [1.29, 1.82) is 0 Å². The van der Waals surface area contributed by atoms with E-state index in [1.165, 1.54) is 12.1 Å². The molecular formula is C28H30FN5O2. The number of benzene rings is 2. The molecule has 0 radical (unpaired) electrons. The summed E-state index contributed by atoms with van der Waals surface area (Å²) in [5, 5.41) is 8.19. The molecule has 5 rings (SSSR count). The number of amides is 1. The zero-order valence-electron chi connectivity index (χ0n) is 20.6. The number of pyridine rings is 1. The van der Waals surface area contributed by atoms with Crippen LogP contribution in [-0.4, -0.2) is 64.2 Å². The van der Waals surface area contributed by atoms with Gasteiger partial charge in [-0.05, 0) is 68.8 Å². The molecule has 1 saturated heterocycles. The first-order valence-electron chi connectivity index (χ1n) is 12.3. The number of halogens is 1. The Morgan fingerprint density at radius 2 is 2.00 bits per heavy atom. The van der Waals surface area contributed by atoms with Crippen molar-refractivity contribution in [2.45, 2.75) is 25.8 Å². The van der Waals surface area contributed by atoms with Gasteiger partial charge in [0.25, 0.3) is 5.91 Å². The number of nitrogens with zero attached hydrogens (tertiary/aromatic N) is 4. The molecule has 0 bridgehead atoms. The second-order valence-electron chi connectivity index (χ2n) is 9.16. The highest BCUT2D eigenvalue weighted by molar-refractivity contribution is 5.96. The van der Waals surface area contributed by atoms with Crippen LogP contribution in [0.3, 0.4) is 0 Å². The molecule has 1 aliphatic rings. The number of carbonyl (C=O) groups is 1. The number of H-pyrrole nitrogens is 1. The van der Waals surface area contributed by atoms with Crippen molar-refractivity contribution in [1.82, 2.24) is 25.0 Å². The van der Waals surface area contributed by atoms with E-state index in [0.29, 0.717) is 30.0 Å². The smallest absolute Gasteiger partial charge is 0.254 e. The lowest BCUT2D eigenvalue weighted by molar-refractivity contribution is 0.0696. The molecule has 2 aromatic heterocycles. The Kier molecular flexibility index (Phi) is 6.95. The van der Waals surface area contributed by atoms with E-state index in [2.05, 4.69) is 20.1 Å². The molecule has 186 valence electrons. The van der Waals surface area contributed by atoms with Crippen molar-refractivity contribution in [3.8, 4) is 16.9 Å². The summed E-state index contributed by atoms with van der Waals surface area (Å²) in [4.78, 5) is 22.4. The van der Waals surface area contributed by atoms with Gasteiger partial charge in [0.2, 0.25) is 0 Å². The van der Waals surface area contributed by atoms with Gasteiger partial charge in [0.05, 0.1) is 24.4 Å². The minimum atomic E-state index is -0.318. The molecule has 1 amide bonds. The standard InChI is InChI=1S/C28H30FN5O2/c1-3-36-26-14-20(9-10-23(26)19-7-6-8-22(29)13-19)28(35)33(2)25(18-34-11-4-5-12-34)24-17-30-15-21-16-31-32-27(21)24/h6-10,13-17,25H,3-5,11-12,18H2,1-2H3,(H,31,32)/t25-/m1/s1. The molecule has 7 nitrogen and oxygen atoms in total. The third kappa shape index (κ3) is 4.81. The largest absolute Gasteiger partial charge is 0.493 e. The van der Waals surface area contributed by atoms with Crippen LogP contribution < -0.4 is 4.74 Å². The maximum Gasteiger partial charge on any atom is 0.254 e. The lowest BCUT2D eigenvalue weighted by atomic mass is 10.0. The van der Waals surface area contributed by atoms with Crippen LogP contribution in [0.25, 0.3) is 22.0 Å². The Morgan fingerprint density at radius 1 is 1.17 bits per heavy atom. The number of rotatable bonds is 8. The van der Waals surface area contributed by atoms with Gasteiger partial charge in [-0.1, -0.05) is 12.1 Å². The number of hydrogen-bond acceptors (Lipinski definition) is 5. The summed E-state index contributed by atoms with van der Waals surface area (Å²) >= 11 is 0. The molecule has 0 saturated carbocycles. The third-order valence-electron chi connectivity index (χ3n) is 6.83. The minimum Gasteiger partial charge on any atom is -0.493 e. The van der Waals surface area contributed by atoms with Crippen LogP contribution in [0.15, 0.2) is 61.1 Å². The highest BCUT2D eigenvalue weighted by Gasteiger charge is 2.29. The Morgan fingerprint density at radius 3 is 2.78 bits per heavy atom. The summed E-state index contributed by atoms with van der Waals surface area (Å²) in [6.07, 6.45) is 7.67. The van der Waals surface area contributed by atoms with Gasteiger partial charge in [-0.25, -0.2) is 4.39 Å². The van der Waals surface area contributed by atoms with E-state index in [-0.39, 0.29) is 17.8 Å². The summed E-state index contributed by atoms with van der Waals surface area (Å²) < 4.78 is 19.7. The molecule has 1 atom stereocenters. The van der Waals surface area contributed by atoms with E-state index < -0.39 is 0 Å². The van der Waals surface area contributed by atoms with E-state index in [9.17, 15) is 9.18 Å². The van der Waals surface area contributed by atoms with Crippen molar-refractivity contribution < 1.29 is 13.9 Å². The monoisotopic (exact) mass is 487 g/mol. The van der Waals surface area contributed by atoms with Crippen LogP contribution in [0.2, 0.25) is 0 Å². The molecule has 1 N–H and O–H groups in total. The molecule has 4 aromatic rings. The number of aromatic nitrogens is 3. The summed E-state index contributed by atoms with van der Waals surface area (Å²) in [5.74, 6) is 0.111. The Labute approximate surface area is 209 Å². The second kappa shape index (κ2) is 10.5. The van der Waals surface area contributed by atoms with E-state index in [1.807, 2.05) is 32.3 Å². The van der Waals surface area contributed by atoms with E-state index in [1.54, 1.807) is 35.5 Å². The number of ether oxygens (including phenoxy) is 1. The van der Waals surface area contributed by atoms with Gasteiger partial charge in [-0.3, -0.25) is 14.9 Å². The molecule has 0 unspecified atom stereocenters. The van der Waals surface area contributed by atoms with Crippen LogP contribution in [0.4, 0.5) is 4.39 Å². The molecule has 0 spiro atoms. The number of nitrogens with one attached hydrogen (secondary N) is 1. The van der Waals surface area contributed by atoms with Gasteiger partial charge in [-0.15, -0.1) is 0 Å². The van der Waals surface area contributed by atoms with Gasteiger partial charge >= 0.3 is 0 Å². The molecule has 1 fully saturated rings. The lowest BCUT2D eigenvalue weighted by Crippen LogP contribution is -2.38. The second-order valence-corrected chi connectivity index (χ2v) is 9.16. The van der Waals surface area contributed by atoms with Crippen molar-refractivity contribution in [2.75, 3.05) is 33.3 Å². The van der Waals surface area contributed by atoms with Gasteiger partial charge in [0, 0.05) is 48.1 Å². The van der Waals surface area contributed by atoms with Crippen molar-refractivity contribution >= 4 is 16.8 Å². The van der Waals surface area contributed by atoms with Crippen LogP contribution >= 0.6 is 0 Å². The quantitative estimate of drug-likeness (QED) is 0.376. The third-order valence-corrected chi connectivity index (χ3v) is 6.83. The van der Waals surface area contributed by atoms with Crippen LogP contribution in [0, 0.1) is 5.82 Å². The van der Waals surface area contributed by atoms with Crippen LogP contribution in [0.5, 0.6) is 5.75 Å². The first kappa shape index (κ1) is 23.9. The number of carbonyl (C=O) groups excluding carboxylic acids is 1. The average molecular weight is 488 g/mol. The first-order chi connectivity index (χ1) is 17.5. The molecular weight excluding hydrogens is 457 g/mol. The number of likely N-dealkylation sites (tertiary alicyclic amines) is 1. The average Bonchev–Trinajstić information content (AvgIpc) is 3.59. The normalized spacial score (nSPS) is 14.8. The molecule has 8 heteroatoms. The summed E-state index contributed by atoms with van der Waals surface area (Å²) in [6, 6.07) is 11.5. The number of hydrogen-bond donors (Lipinski definition) is 1. The number of aromatic amines is 1. The zero-order chi connectivity index (χ0) is 25.1. The SMILES string of the molecule is CCOc1cc(C(=O)N(C)[C@H](CN2CCCC2)c2cncc3cn[nH]c23)ccc1-c1cccc(F)c1. The lowest BCUT2D eigenvalue weighted by Gasteiger charge is -2.32. The fraction of sp³-hybridized carbons (Fsp3) is 0.321. The first-order valence-corrected chi connectivity index (χ1v) is 12.3. The van der Waals surface area contributed by atoms with Gasteiger partial charge in [0.1, 0.15) is 11.6 Å². The van der Waals surface area contributed by atoms with E-state index in [0.717, 1.165) is 48.0 Å². The van der Waals surface area contributed by atoms with Gasteiger partial charge in [-0.2, -0.15) is 5.10 Å². The predicted octanol–water partition coefficient (Wildman–Crippen LogP) is 5.07. The summed E-state index contributed by atoms with van der Waals surface area (Å²) in [5.41, 5.74) is 3.79. The predicted molar refractivity (Wildman–Crippen MR) is 137 cm³/mol. The Balaban J connectivity index is 1.50. The molecule has 0 aliphatic carbocycles. The summed E-state index contributed by atoms with van der Waals surface area (Å²) in [7, 11) is 1.83. The zero-order valence-corrected chi connectivity index (χ0v) is 20.6. The molecule has 36 heavy (non-hydrogen) atoms. The maximum atomic E-state index is 13.9. The minimum absolute atomic E-state index is 0.123. The Hall–Kier alpha value is -3.78. The Bertz CT molecular complexity index is 1370. The fourth-order valence-corrected chi connectivity index (χ4v) is 4.95. The van der Waals surface area contributed by atoms with E-state index in [4.69, 9.17) is 4.74 Å². The fourth-order valence-electron chi connectivity index (χ4n) is 4.95. The highest BCUT2D eigenvalue weighted by Crippen LogP contribution is 2.33. The number of likely N-dealkylation sites (N-methyl/N-ethyl adjacent to an activating group) is 1. The molecule has 3 heterocycles. The molecule has 1 aliphatic heterocycles. The highest BCUT2D eigenvalue weighted by atomic mass is 19.1. The van der Waals surface area contributed by atoms with Crippen molar-refractivity contribution in [3.63, 3.8) is 0 Å². The summed E-state index contributed by atoms with van der Waals surface area (Å²) in [6.45, 7) is 5.06. The topological polar surface area (TPSA) is 74.3 Å². The van der Waals surface area contributed by atoms with Crippen LogP contribution in [0.1, 0.15) is 41.7 Å². The molecule has 2 aromatic carbocycles. The maximum absolute atomic E-state index is 13.9. The van der Waals surface area contributed by atoms with Crippen molar-refractivity contribution in [3.05, 3.63) is 78.0 Å². The van der Waals surface area contributed by atoms with E-state index >= 15 is 0 Å². The van der Waals surface area contributed by atoms with Gasteiger partial charge < -0.3 is 14.5 Å². The van der Waals surface area contributed by atoms with Crippen LogP contribution in [-0.2, 0) is 0 Å². The number of fused-ring (bicyclic) bond motifs is 1. The van der Waals surface area contributed by atoms with Gasteiger partial charge in [0.15, 0.2) is 0 Å².